The average Bonchev–Trinajstić information content (AvgIpc) is 2.25. The summed E-state index contributed by atoms with van der Waals surface area (Å²) in [6.45, 7) is 5.52. The Morgan fingerprint density at radius 3 is 2.47 bits per heavy atom. The van der Waals surface area contributed by atoms with Gasteiger partial charge in [-0.2, -0.15) is 0 Å². The van der Waals surface area contributed by atoms with Gasteiger partial charge in [0.05, 0.1) is 6.54 Å². The van der Waals surface area contributed by atoms with E-state index in [0.29, 0.717) is 0 Å². The van der Waals surface area contributed by atoms with Crippen LogP contribution in [0.2, 0.25) is 0 Å². The van der Waals surface area contributed by atoms with Crippen molar-refractivity contribution < 1.29 is 14.0 Å². The van der Waals surface area contributed by atoms with Crippen LogP contribution in [0.25, 0.3) is 0 Å². The molecule has 0 bridgehead atoms. The van der Waals surface area contributed by atoms with Crippen LogP contribution in [0.5, 0.6) is 0 Å². The quantitative estimate of drug-likeness (QED) is 0.907. The Kier molecular flexibility index (Phi) is 4.64. The Balaban J connectivity index is 2.66. The van der Waals surface area contributed by atoms with Crippen LogP contribution in [-0.2, 0) is 4.79 Å². The molecule has 0 aromatic heterocycles. The molecule has 0 radical (unpaired) electrons. The molecule has 1 aromatic carbocycles. The molecular weight excluding hydrogens is 247 g/mol. The number of carbonyl (C=O) groups is 2. The second-order valence-electron chi connectivity index (χ2n) is 5.47. The van der Waals surface area contributed by atoms with Gasteiger partial charge in [-0.1, -0.05) is 6.07 Å². The minimum atomic E-state index is -0.474. The average molecular weight is 266 g/mol. The first-order valence-corrected chi connectivity index (χ1v) is 6.01. The predicted molar refractivity (Wildman–Crippen MR) is 71.3 cm³/mol. The van der Waals surface area contributed by atoms with Crippen molar-refractivity contribution in [3.63, 3.8) is 0 Å². The number of likely N-dealkylation sites (N-methyl/N-ethyl adjacent to an activating group) is 1. The van der Waals surface area contributed by atoms with Crippen molar-refractivity contribution in [3.8, 4) is 0 Å². The zero-order valence-corrected chi connectivity index (χ0v) is 11.7. The number of hydrogen-bond donors (Lipinski definition) is 1. The van der Waals surface area contributed by atoms with Gasteiger partial charge in [0.2, 0.25) is 5.91 Å². The van der Waals surface area contributed by atoms with E-state index in [1.165, 1.54) is 30.1 Å². The number of halogens is 1. The van der Waals surface area contributed by atoms with Gasteiger partial charge in [0.15, 0.2) is 0 Å². The summed E-state index contributed by atoms with van der Waals surface area (Å²) >= 11 is 0. The Hall–Kier alpha value is -1.91. The van der Waals surface area contributed by atoms with Gasteiger partial charge in [-0.3, -0.25) is 9.59 Å². The minimum Gasteiger partial charge on any atom is -0.350 e. The van der Waals surface area contributed by atoms with E-state index in [9.17, 15) is 14.0 Å². The molecule has 1 aromatic rings. The van der Waals surface area contributed by atoms with Crippen LogP contribution >= 0.6 is 0 Å². The van der Waals surface area contributed by atoms with Crippen LogP contribution in [-0.4, -0.2) is 35.8 Å². The number of carbonyl (C=O) groups excluding carboxylic acids is 2. The maximum atomic E-state index is 13.0. The summed E-state index contributed by atoms with van der Waals surface area (Å²) in [6.07, 6.45) is 0. The van der Waals surface area contributed by atoms with Gasteiger partial charge >= 0.3 is 0 Å². The number of benzene rings is 1. The molecule has 5 heteroatoms. The molecule has 0 aliphatic carbocycles. The molecule has 2 amide bonds. The van der Waals surface area contributed by atoms with Crippen molar-refractivity contribution in [2.24, 2.45) is 0 Å². The van der Waals surface area contributed by atoms with E-state index < -0.39 is 5.82 Å². The van der Waals surface area contributed by atoms with E-state index in [0.717, 1.165) is 6.07 Å². The fourth-order valence-electron chi connectivity index (χ4n) is 1.59. The highest BCUT2D eigenvalue weighted by Gasteiger charge is 2.18. The number of rotatable bonds is 3. The largest absolute Gasteiger partial charge is 0.350 e. The summed E-state index contributed by atoms with van der Waals surface area (Å²) in [5.41, 5.74) is -0.120. The topological polar surface area (TPSA) is 49.4 Å². The third kappa shape index (κ3) is 5.07. The van der Waals surface area contributed by atoms with Crippen molar-refractivity contribution in [3.05, 3.63) is 35.6 Å². The standard InChI is InChI=1S/C14H19FN2O2/c1-14(2,3)16-12(18)9-17(4)13(19)10-6-5-7-11(15)8-10/h5-8H,9H2,1-4H3,(H,16,18). The van der Waals surface area contributed by atoms with Crippen LogP contribution in [0.15, 0.2) is 24.3 Å². The van der Waals surface area contributed by atoms with Gasteiger partial charge < -0.3 is 10.2 Å². The fourth-order valence-corrected chi connectivity index (χ4v) is 1.59. The van der Waals surface area contributed by atoms with Crippen molar-refractivity contribution in [1.29, 1.82) is 0 Å². The monoisotopic (exact) mass is 266 g/mol. The lowest BCUT2D eigenvalue weighted by atomic mass is 10.1. The summed E-state index contributed by atoms with van der Waals surface area (Å²) < 4.78 is 13.0. The first kappa shape index (κ1) is 15.1. The Bertz CT molecular complexity index is 481. The van der Waals surface area contributed by atoms with Crippen molar-refractivity contribution in [2.45, 2.75) is 26.3 Å². The fraction of sp³-hybridized carbons (Fsp3) is 0.429. The molecule has 0 fully saturated rings. The molecule has 19 heavy (non-hydrogen) atoms. The second-order valence-corrected chi connectivity index (χ2v) is 5.47. The molecular formula is C14H19FN2O2. The van der Waals surface area contributed by atoms with Gasteiger partial charge in [-0.25, -0.2) is 4.39 Å². The van der Waals surface area contributed by atoms with E-state index in [-0.39, 0.29) is 29.5 Å². The van der Waals surface area contributed by atoms with Crippen molar-refractivity contribution in [2.75, 3.05) is 13.6 Å². The molecule has 104 valence electrons. The van der Waals surface area contributed by atoms with E-state index >= 15 is 0 Å². The third-order valence-corrected chi connectivity index (χ3v) is 2.31. The summed E-state index contributed by atoms with van der Waals surface area (Å²) in [5, 5.41) is 2.76. The van der Waals surface area contributed by atoms with E-state index in [1.54, 1.807) is 0 Å². The van der Waals surface area contributed by atoms with Gasteiger partial charge in [0.25, 0.3) is 5.91 Å². The molecule has 0 saturated heterocycles. The number of nitrogens with zero attached hydrogens (tertiary/aromatic N) is 1. The summed E-state index contributed by atoms with van der Waals surface area (Å²) in [7, 11) is 1.51. The SMILES string of the molecule is CN(CC(=O)NC(C)(C)C)C(=O)c1cccc(F)c1. The third-order valence-electron chi connectivity index (χ3n) is 2.31. The number of nitrogens with one attached hydrogen (secondary N) is 1. The zero-order valence-electron chi connectivity index (χ0n) is 11.7. The van der Waals surface area contributed by atoms with E-state index in [1.807, 2.05) is 20.8 Å². The zero-order chi connectivity index (χ0) is 14.6. The maximum absolute atomic E-state index is 13.0. The first-order valence-electron chi connectivity index (χ1n) is 6.01. The van der Waals surface area contributed by atoms with Crippen LogP contribution in [0.4, 0.5) is 4.39 Å². The molecule has 0 heterocycles. The summed E-state index contributed by atoms with van der Waals surface area (Å²) in [4.78, 5) is 24.9. The Morgan fingerprint density at radius 1 is 1.32 bits per heavy atom. The molecule has 0 saturated carbocycles. The molecule has 0 unspecified atom stereocenters. The highest BCUT2D eigenvalue weighted by Crippen LogP contribution is 2.06. The summed E-state index contributed by atoms with van der Waals surface area (Å²) in [5.74, 6) is -1.11. The lowest BCUT2D eigenvalue weighted by molar-refractivity contribution is -0.122. The van der Waals surface area contributed by atoms with Gasteiger partial charge in [-0.15, -0.1) is 0 Å². The molecule has 0 aliphatic heterocycles. The van der Waals surface area contributed by atoms with Crippen molar-refractivity contribution >= 4 is 11.8 Å². The molecule has 0 aliphatic rings. The van der Waals surface area contributed by atoms with Crippen molar-refractivity contribution in [1.82, 2.24) is 10.2 Å². The Labute approximate surface area is 112 Å². The first-order chi connectivity index (χ1) is 8.69. The van der Waals surface area contributed by atoms with Gasteiger partial charge in [0, 0.05) is 18.2 Å². The van der Waals surface area contributed by atoms with Gasteiger partial charge in [-0.05, 0) is 39.0 Å². The normalized spacial score (nSPS) is 11.0. The lowest BCUT2D eigenvalue weighted by Gasteiger charge is -2.23. The second kappa shape index (κ2) is 5.82. The Morgan fingerprint density at radius 2 is 1.95 bits per heavy atom. The predicted octanol–water partition coefficient (Wildman–Crippen LogP) is 1.81. The highest BCUT2D eigenvalue weighted by atomic mass is 19.1. The number of amides is 2. The maximum Gasteiger partial charge on any atom is 0.254 e. The van der Waals surface area contributed by atoms with E-state index in [4.69, 9.17) is 0 Å². The van der Waals surface area contributed by atoms with Crippen LogP contribution in [0.1, 0.15) is 31.1 Å². The highest BCUT2D eigenvalue weighted by molar-refractivity contribution is 5.96. The lowest BCUT2D eigenvalue weighted by Crippen LogP contribution is -2.46. The molecule has 1 N–H and O–H groups in total. The van der Waals surface area contributed by atoms with Crippen LogP contribution in [0.3, 0.4) is 0 Å². The van der Waals surface area contributed by atoms with Gasteiger partial charge in [0.1, 0.15) is 5.82 Å². The molecule has 0 spiro atoms. The summed E-state index contributed by atoms with van der Waals surface area (Å²) in [6, 6.07) is 5.40. The molecule has 1 rings (SSSR count). The van der Waals surface area contributed by atoms with Crippen LogP contribution in [0, 0.1) is 5.82 Å². The van der Waals surface area contributed by atoms with Crippen LogP contribution < -0.4 is 5.32 Å². The molecule has 4 nitrogen and oxygen atoms in total. The smallest absolute Gasteiger partial charge is 0.254 e. The minimum absolute atomic E-state index is 0.0629. The molecule has 0 atom stereocenters. The number of hydrogen-bond acceptors (Lipinski definition) is 2. The van der Waals surface area contributed by atoms with E-state index in [2.05, 4.69) is 5.32 Å².